The predicted molar refractivity (Wildman–Crippen MR) is 317 cm³/mol. The standard InChI is InChI=1S/C21H27FN4O4S.C17H20FN3O2S.C16H22FIN4O4S/c1-20(2,3)30-19(27)24-18-25-21(4,12-31(28,29)26(18)5)15-11-17(23)14(10-16(15)22)9-8-13-6-7-13;1-17(9-24(22,23)21(2)16(19)20-17)14-7-12-5-11(10-3-4-10)6-13(12)8-15(14)18;1-15(2,3)26-14(23)20-13-21-16(4,8-27(24,25)22(13)5)9-6-12(19)11(18)7-10(9)17/h10-11,13H,6-7,12,23H2,1-5H3,(H,24,25,27);6-8,10H,3-5,9H2,1-2H3,(H2,19,20);6-7H,8,19H2,1-5H3,(H,20,21,23)/t21-;17-;16-/m000/s1. The Kier molecular flexibility index (Phi) is 17.2. The zero-order valence-electron chi connectivity index (χ0n) is 47.6. The van der Waals surface area contributed by atoms with Crippen LogP contribution in [0.15, 0.2) is 56.9 Å². The van der Waals surface area contributed by atoms with Gasteiger partial charge >= 0.3 is 12.2 Å². The van der Waals surface area contributed by atoms with Crippen LogP contribution < -0.4 is 27.8 Å². The van der Waals surface area contributed by atoms with Crippen molar-refractivity contribution in [3.63, 3.8) is 0 Å². The summed E-state index contributed by atoms with van der Waals surface area (Å²) in [5.41, 5.74) is 16.4. The van der Waals surface area contributed by atoms with E-state index in [-0.39, 0.29) is 40.4 Å². The summed E-state index contributed by atoms with van der Waals surface area (Å²) in [6, 6.07) is 8.43. The number of halogens is 4. The van der Waals surface area contributed by atoms with Crippen molar-refractivity contribution in [1.82, 2.24) is 23.5 Å². The summed E-state index contributed by atoms with van der Waals surface area (Å²) >= 11 is 1.88. The highest BCUT2D eigenvalue weighted by Crippen LogP contribution is 2.45. The molecule has 3 aromatic rings. The average molecular weight is 1310 g/mol. The average Bonchev–Trinajstić information content (AvgIpc) is 3.66. The number of fused-ring (bicyclic) bond motifs is 1. The Hall–Kier alpha value is -6.32. The van der Waals surface area contributed by atoms with Crippen molar-refractivity contribution >= 4 is 100 Å². The number of ether oxygens (including phenoxy) is 2. The Balaban J connectivity index is 0.000000178. The number of hydrogen-bond donors (Lipinski definition) is 5. The largest absolute Gasteiger partial charge is 0.444 e. The summed E-state index contributed by atoms with van der Waals surface area (Å²) < 4.78 is 133. The predicted octanol–water partition coefficient (Wildman–Crippen LogP) is 6.90. The second kappa shape index (κ2) is 22.4. The third kappa shape index (κ3) is 14.5. The smallest absolute Gasteiger partial charge is 0.414 e. The number of carbonyl (C=O) groups is 2. The van der Waals surface area contributed by atoms with E-state index in [9.17, 15) is 43.6 Å². The first-order valence-electron chi connectivity index (χ1n) is 25.9. The fraction of sp³-hybridized carbons (Fsp3) is 0.500. The van der Waals surface area contributed by atoms with Crippen molar-refractivity contribution < 1.29 is 57.5 Å². The first kappa shape index (κ1) is 63.3. The van der Waals surface area contributed by atoms with Crippen molar-refractivity contribution in [2.24, 2.45) is 32.5 Å². The van der Waals surface area contributed by atoms with Gasteiger partial charge in [-0.2, -0.15) is 0 Å². The zero-order chi connectivity index (χ0) is 61.2. The molecule has 0 bridgehead atoms. The number of rotatable bonds is 4. The number of guanidine groups is 3. The van der Waals surface area contributed by atoms with Crippen molar-refractivity contribution in [2.45, 2.75) is 122 Å². The van der Waals surface area contributed by atoms with Gasteiger partial charge in [-0.1, -0.05) is 23.5 Å². The van der Waals surface area contributed by atoms with E-state index >= 15 is 4.39 Å². The van der Waals surface area contributed by atoms with Gasteiger partial charge < -0.3 is 26.7 Å². The lowest BCUT2D eigenvalue weighted by molar-refractivity contribution is 0.0546. The normalized spacial score (nSPS) is 24.2. The highest BCUT2D eigenvalue weighted by molar-refractivity contribution is 14.1. The van der Waals surface area contributed by atoms with Gasteiger partial charge in [0.2, 0.25) is 47.9 Å². The monoisotopic (exact) mass is 1310 g/mol. The summed E-state index contributed by atoms with van der Waals surface area (Å²) in [6.45, 7) is 14.6. The molecule has 0 spiro atoms. The molecule has 3 aliphatic heterocycles. The summed E-state index contributed by atoms with van der Waals surface area (Å²) in [4.78, 5) is 37.2. The molecule has 0 aromatic heterocycles. The minimum absolute atomic E-state index is 0.00198. The van der Waals surface area contributed by atoms with Gasteiger partial charge in [0.15, 0.2) is 0 Å². The van der Waals surface area contributed by atoms with E-state index in [0.29, 0.717) is 32.2 Å². The van der Waals surface area contributed by atoms with Crippen LogP contribution in [0.4, 0.5) is 34.1 Å². The zero-order valence-corrected chi connectivity index (χ0v) is 52.2. The molecular weight excluding hydrogens is 1240 g/mol. The van der Waals surface area contributed by atoms with E-state index in [0.717, 1.165) is 43.3 Å². The van der Waals surface area contributed by atoms with Crippen LogP contribution in [0.2, 0.25) is 0 Å². The molecule has 3 heterocycles. The lowest BCUT2D eigenvalue weighted by atomic mass is 9.91. The van der Waals surface area contributed by atoms with Gasteiger partial charge in [0.1, 0.15) is 45.3 Å². The lowest BCUT2D eigenvalue weighted by Crippen LogP contribution is -2.54. The quantitative estimate of drug-likeness (QED) is 0.101. The van der Waals surface area contributed by atoms with Gasteiger partial charge in [0.25, 0.3) is 0 Å². The molecule has 3 aliphatic carbocycles. The minimum atomic E-state index is -3.91. The maximum absolute atomic E-state index is 15.0. The molecular formula is C54H69F3IN11O10S3. The first-order valence-corrected chi connectivity index (χ1v) is 31.8. The molecule has 0 unspecified atom stereocenters. The molecule has 2 fully saturated rings. The number of amides is 2. The van der Waals surface area contributed by atoms with Crippen LogP contribution >= 0.6 is 22.6 Å². The molecule has 6 aliphatic rings. The fourth-order valence-electron chi connectivity index (χ4n) is 9.23. The maximum atomic E-state index is 15.0. The van der Waals surface area contributed by atoms with Crippen molar-refractivity contribution in [1.29, 1.82) is 0 Å². The molecule has 446 valence electrons. The Bertz CT molecular complexity index is 3680. The number of nitrogens with one attached hydrogen (secondary N) is 2. The Morgan fingerprint density at radius 1 is 0.646 bits per heavy atom. The van der Waals surface area contributed by atoms with E-state index in [1.807, 2.05) is 22.6 Å². The van der Waals surface area contributed by atoms with Crippen molar-refractivity contribution in [3.8, 4) is 11.8 Å². The van der Waals surface area contributed by atoms with E-state index in [1.165, 1.54) is 83.7 Å². The number of alkyl carbamates (subject to hydrolysis) is 2. The highest BCUT2D eigenvalue weighted by atomic mass is 127. The topological polar surface area (TPSA) is 304 Å². The number of carbonyl (C=O) groups excluding carboxylic acids is 2. The van der Waals surface area contributed by atoms with Crippen LogP contribution in [-0.2, 0) is 62.6 Å². The van der Waals surface area contributed by atoms with Gasteiger partial charge in [-0.15, -0.1) is 0 Å². The molecule has 28 heteroatoms. The Morgan fingerprint density at radius 3 is 1.52 bits per heavy atom. The Labute approximate surface area is 491 Å². The summed E-state index contributed by atoms with van der Waals surface area (Å²) in [7, 11) is -7.53. The third-order valence-electron chi connectivity index (χ3n) is 13.9. The number of anilines is 2. The number of nitrogens with zero attached hydrogens (tertiary/aromatic N) is 6. The van der Waals surface area contributed by atoms with Gasteiger partial charge in [0.05, 0.1) is 22.8 Å². The number of aliphatic imine (C=N–C) groups is 3. The van der Waals surface area contributed by atoms with Gasteiger partial charge in [0, 0.05) is 58.7 Å². The number of hydrogen-bond acceptors (Lipinski definition) is 16. The summed E-state index contributed by atoms with van der Waals surface area (Å²) in [5, 5.41) is 4.68. The van der Waals surface area contributed by atoms with Crippen molar-refractivity contribution in [2.75, 3.05) is 49.9 Å². The SMILES string of the molecule is CN1C(N)=N[C@](C)(c2cc3c(cc2F)C=C(C2CC2)C3)CS1(=O)=O.CN1C(NC(=O)OC(C)(C)C)=N[C@](C)(c2cc(N)c(C#CC3CC3)cc2F)CS1(=O)=O.CN1C(NC(=O)OC(C)(C)C)=N[C@](C)(c2cc(N)c(I)cc2F)CS1(=O)=O. The molecule has 0 saturated heterocycles. The second-order valence-electron chi connectivity index (χ2n) is 23.6. The number of sulfonamides is 3. The van der Waals surface area contributed by atoms with Crippen molar-refractivity contribution in [3.05, 3.63) is 96.4 Å². The van der Waals surface area contributed by atoms with Crippen LogP contribution in [0.3, 0.4) is 0 Å². The number of nitrogens with two attached hydrogens (primary N) is 3. The molecule has 82 heavy (non-hydrogen) atoms. The van der Waals surface area contributed by atoms with Crippen LogP contribution in [0, 0.1) is 44.7 Å². The minimum Gasteiger partial charge on any atom is -0.444 e. The van der Waals surface area contributed by atoms with E-state index < -0.39 is 99.0 Å². The summed E-state index contributed by atoms with van der Waals surface area (Å²) in [5.74, 6) is 3.24. The molecule has 3 aromatic carbocycles. The third-order valence-corrected chi connectivity index (χ3v) is 20.6. The highest BCUT2D eigenvalue weighted by Gasteiger charge is 2.46. The number of nitrogen functional groups attached to an aromatic ring is 2. The van der Waals surface area contributed by atoms with Gasteiger partial charge in [-0.25, -0.2) is 75.9 Å². The van der Waals surface area contributed by atoms with E-state index in [1.54, 1.807) is 54.5 Å². The van der Waals surface area contributed by atoms with Crippen LogP contribution in [0.25, 0.3) is 6.08 Å². The van der Waals surface area contributed by atoms with Crippen LogP contribution in [0.5, 0.6) is 0 Å². The molecule has 3 atom stereocenters. The fourth-order valence-corrected chi connectivity index (χ4v) is 14.1. The maximum Gasteiger partial charge on any atom is 0.414 e. The Morgan fingerprint density at radius 2 is 1.07 bits per heavy atom. The number of allylic oxidation sites excluding steroid dienone is 1. The summed E-state index contributed by atoms with van der Waals surface area (Å²) in [6.07, 6.45) is 5.62. The first-order chi connectivity index (χ1) is 37.5. The second-order valence-corrected chi connectivity index (χ2v) is 30.8. The lowest BCUT2D eigenvalue weighted by Gasteiger charge is -2.36. The molecule has 2 saturated carbocycles. The van der Waals surface area contributed by atoms with Crippen LogP contribution in [-0.4, -0.2) is 118 Å². The molecule has 8 N–H and O–H groups in total. The van der Waals surface area contributed by atoms with E-state index in [4.69, 9.17) is 26.7 Å². The molecule has 9 rings (SSSR count). The van der Waals surface area contributed by atoms with Crippen LogP contribution in [0.1, 0.15) is 121 Å². The molecule has 2 amide bonds. The molecule has 0 radical (unpaired) electrons. The van der Waals surface area contributed by atoms with Gasteiger partial charge in [-0.3, -0.25) is 10.6 Å². The molecule has 21 nitrogen and oxygen atoms in total. The van der Waals surface area contributed by atoms with E-state index in [2.05, 4.69) is 43.5 Å². The number of benzene rings is 3. The van der Waals surface area contributed by atoms with Gasteiger partial charge in [-0.05, 0) is 170 Å².